The van der Waals surface area contributed by atoms with Crippen molar-refractivity contribution in [1.29, 1.82) is 0 Å². The summed E-state index contributed by atoms with van der Waals surface area (Å²) in [5.41, 5.74) is 2.59. The minimum Gasteiger partial charge on any atom is -0.387 e. The van der Waals surface area contributed by atoms with Gasteiger partial charge in [0.05, 0.1) is 17.8 Å². The van der Waals surface area contributed by atoms with Crippen LogP contribution in [0.2, 0.25) is 0 Å². The zero-order valence-electron chi connectivity index (χ0n) is 17.9. The second kappa shape index (κ2) is 7.89. The van der Waals surface area contributed by atoms with Gasteiger partial charge in [-0.15, -0.1) is 10.2 Å². The summed E-state index contributed by atoms with van der Waals surface area (Å²) < 4.78 is 1.97. The van der Waals surface area contributed by atoms with Crippen molar-refractivity contribution in [3.8, 4) is 0 Å². The molecule has 0 aromatic carbocycles. The number of β-amino-alcohol motifs (C(OH)–C–C–N with tert-alkyl or cyclic N) is 1. The normalized spacial score (nSPS) is 26.1. The van der Waals surface area contributed by atoms with Gasteiger partial charge in [0, 0.05) is 25.9 Å². The summed E-state index contributed by atoms with van der Waals surface area (Å²) >= 11 is 0. The molecule has 4 heterocycles. The van der Waals surface area contributed by atoms with Crippen molar-refractivity contribution in [1.82, 2.24) is 29.6 Å². The third kappa shape index (κ3) is 3.83. The van der Waals surface area contributed by atoms with Crippen molar-refractivity contribution in [2.45, 2.75) is 69.8 Å². The Morgan fingerprint density at radius 2 is 2.00 bits per heavy atom. The SMILES string of the molecule is CC(=O)N1CCCCC(O)(CN2CCC(c3nnc4cc5c(nn34)CCC5)CC2)C1. The van der Waals surface area contributed by atoms with Crippen molar-refractivity contribution >= 4 is 11.6 Å². The Morgan fingerprint density at radius 3 is 2.80 bits per heavy atom. The molecule has 2 aromatic rings. The maximum Gasteiger partial charge on any atom is 0.219 e. The third-order valence-corrected chi connectivity index (χ3v) is 7.16. The van der Waals surface area contributed by atoms with Gasteiger partial charge in [0.15, 0.2) is 11.5 Å². The van der Waals surface area contributed by atoms with Crippen LogP contribution in [0.4, 0.5) is 0 Å². The van der Waals surface area contributed by atoms with Gasteiger partial charge in [0.25, 0.3) is 0 Å². The van der Waals surface area contributed by atoms with E-state index in [-0.39, 0.29) is 5.91 Å². The second-order valence-corrected chi connectivity index (χ2v) is 9.47. The van der Waals surface area contributed by atoms with Crippen LogP contribution in [0.5, 0.6) is 0 Å². The van der Waals surface area contributed by atoms with Crippen molar-refractivity contribution in [3.05, 3.63) is 23.1 Å². The lowest BCUT2D eigenvalue weighted by atomic mass is 9.92. The summed E-state index contributed by atoms with van der Waals surface area (Å²) in [4.78, 5) is 16.0. The molecule has 2 aliphatic heterocycles. The van der Waals surface area contributed by atoms with Crippen LogP contribution in [0.15, 0.2) is 6.07 Å². The molecule has 2 aromatic heterocycles. The fourth-order valence-corrected chi connectivity index (χ4v) is 5.48. The molecule has 0 saturated carbocycles. The first-order chi connectivity index (χ1) is 14.5. The Hall–Kier alpha value is -2.06. The van der Waals surface area contributed by atoms with Gasteiger partial charge in [-0.3, -0.25) is 4.79 Å². The first-order valence-corrected chi connectivity index (χ1v) is 11.5. The summed E-state index contributed by atoms with van der Waals surface area (Å²) in [5.74, 6) is 1.39. The Labute approximate surface area is 177 Å². The molecule has 1 amide bonds. The van der Waals surface area contributed by atoms with Crippen LogP contribution in [0.3, 0.4) is 0 Å². The van der Waals surface area contributed by atoms with Gasteiger partial charge in [0.2, 0.25) is 5.91 Å². The fraction of sp³-hybridized carbons (Fsp3) is 0.727. The van der Waals surface area contributed by atoms with Crippen LogP contribution in [-0.4, -0.2) is 78.9 Å². The van der Waals surface area contributed by atoms with Crippen molar-refractivity contribution in [2.24, 2.45) is 0 Å². The number of aliphatic hydroxyl groups is 1. The molecule has 2 fully saturated rings. The molecule has 162 valence electrons. The van der Waals surface area contributed by atoms with E-state index in [1.807, 2.05) is 9.42 Å². The largest absolute Gasteiger partial charge is 0.387 e. The van der Waals surface area contributed by atoms with E-state index in [0.29, 0.717) is 19.0 Å². The van der Waals surface area contributed by atoms with E-state index in [0.717, 1.165) is 76.1 Å². The molecule has 8 nitrogen and oxygen atoms in total. The van der Waals surface area contributed by atoms with Crippen LogP contribution in [0.1, 0.15) is 68.4 Å². The van der Waals surface area contributed by atoms with Gasteiger partial charge >= 0.3 is 0 Å². The lowest BCUT2D eigenvalue weighted by Gasteiger charge is -2.39. The number of aryl methyl sites for hydroxylation is 2. The summed E-state index contributed by atoms with van der Waals surface area (Å²) in [7, 11) is 0. The number of likely N-dealkylation sites (tertiary alicyclic amines) is 2. The quantitative estimate of drug-likeness (QED) is 0.823. The fourth-order valence-electron chi connectivity index (χ4n) is 5.48. The highest BCUT2D eigenvalue weighted by molar-refractivity contribution is 5.73. The Balaban J connectivity index is 1.24. The molecule has 1 N–H and O–H groups in total. The Kier molecular flexibility index (Phi) is 5.23. The van der Waals surface area contributed by atoms with Crippen LogP contribution < -0.4 is 0 Å². The van der Waals surface area contributed by atoms with Gasteiger partial charge in [0.1, 0.15) is 0 Å². The number of piperidine rings is 1. The molecule has 3 aliphatic rings. The van der Waals surface area contributed by atoms with E-state index in [4.69, 9.17) is 5.10 Å². The first-order valence-electron chi connectivity index (χ1n) is 11.5. The molecular weight excluding hydrogens is 380 g/mol. The second-order valence-electron chi connectivity index (χ2n) is 9.47. The molecule has 0 spiro atoms. The van der Waals surface area contributed by atoms with E-state index in [1.54, 1.807) is 6.92 Å². The highest BCUT2D eigenvalue weighted by atomic mass is 16.3. The van der Waals surface area contributed by atoms with Crippen LogP contribution >= 0.6 is 0 Å². The molecule has 5 rings (SSSR count). The number of aromatic nitrogens is 4. The molecule has 0 radical (unpaired) electrons. The van der Waals surface area contributed by atoms with Crippen LogP contribution in [0, 0.1) is 0 Å². The van der Waals surface area contributed by atoms with Crippen LogP contribution in [0.25, 0.3) is 5.65 Å². The summed E-state index contributed by atoms with van der Waals surface area (Å²) in [6.07, 6.45) is 8.03. The van der Waals surface area contributed by atoms with Crippen LogP contribution in [-0.2, 0) is 17.6 Å². The van der Waals surface area contributed by atoms with Crippen molar-refractivity contribution in [3.63, 3.8) is 0 Å². The van der Waals surface area contributed by atoms with E-state index < -0.39 is 5.60 Å². The van der Waals surface area contributed by atoms with Gasteiger partial charge < -0.3 is 14.9 Å². The average molecular weight is 413 g/mol. The van der Waals surface area contributed by atoms with E-state index in [1.165, 1.54) is 17.7 Å². The molecule has 30 heavy (non-hydrogen) atoms. The van der Waals surface area contributed by atoms with Crippen molar-refractivity contribution < 1.29 is 9.90 Å². The summed E-state index contributed by atoms with van der Waals surface area (Å²) in [6.45, 7) is 5.29. The van der Waals surface area contributed by atoms with E-state index in [9.17, 15) is 9.90 Å². The minimum absolute atomic E-state index is 0.0618. The van der Waals surface area contributed by atoms with E-state index >= 15 is 0 Å². The summed E-state index contributed by atoms with van der Waals surface area (Å²) in [5, 5.41) is 25.0. The average Bonchev–Trinajstić information content (AvgIpc) is 3.30. The maximum atomic E-state index is 11.9. The number of rotatable bonds is 3. The van der Waals surface area contributed by atoms with Gasteiger partial charge in [-0.25, -0.2) is 0 Å². The number of amides is 1. The monoisotopic (exact) mass is 412 g/mol. The highest BCUT2D eigenvalue weighted by Crippen LogP contribution is 2.30. The molecule has 2 saturated heterocycles. The molecule has 8 heteroatoms. The molecule has 1 unspecified atom stereocenters. The standard InChI is InChI=1S/C22H32N6O2/c1-16(29)27-10-3-2-9-22(30,15-27)14-26-11-7-17(8-12-26)21-24-23-20-13-18-5-4-6-19(18)25-28(20)21/h13,17,30H,2-12,14-15H2,1H3. The predicted molar refractivity (Wildman–Crippen MR) is 112 cm³/mol. The predicted octanol–water partition coefficient (Wildman–Crippen LogP) is 1.56. The highest BCUT2D eigenvalue weighted by Gasteiger charge is 2.36. The number of carbonyl (C=O) groups is 1. The van der Waals surface area contributed by atoms with Gasteiger partial charge in [-0.05, 0) is 76.1 Å². The number of fused-ring (bicyclic) bond motifs is 2. The zero-order valence-corrected chi connectivity index (χ0v) is 17.9. The smallest absolute Gasteiger partial charge is 0.219 e. The third-order valence-electron chi connectivity index (χ3n) is 7.16. The number of hydrogen-bond acceptors (Lipinski definition) is 6. The Bertz CT molecular complexity index is 935. The Morgan fingerprint density at radius 1 is 1.17 bits per heavy atom. The van der Waals surface area contributed by atoms with Gasteiger partial charge in [-0.1, -0.05) is 0 Å². The van der Waals surface area contributed by atoms with Crippen molar-refractivity contribution in [2.75, 3.05) is 32.7 Å². The molecule has 1 atom stereocenters. The maximum absolute atomic E-state index is 11.9. The first kappa shape index (κ1) is 19.9. The zero-order chi connectivity index (χ0) is 20.7. The molecular formula is C22H32N6O2. The lowest BCUT2D eigenvalue weighted by Crippen LogP contribution is -2.52. The number of nitrogens with zero attached hydrogens (tertiary/aromatic N) is 6. The summed E-state index contributed by atoms with van der Waals surface area (Å²) in [6, 6.07) is 2.16. The molecule has 0 bridgehead atoms. The topological polar surface area (TPSA) is 86.9 Å². The van der Waals surface area contributed by atoms with E-state index in [2.05, 4.69) is 21.2 Å². The lowest BCUT2D eigenvalue weighted by molar-refractivity contribution is -0.132. The minimum atomic E-state index is -0.807. The number of hydrogen-bond donors (Lipinski definition) is 1. The van der Waals surface area contributed by atoms with Gasteiger partial charge in [-0.2, -0.15) is 9.61 Å². The molecule has 1 aliphatic carbocycles. The number of carbonyl (C=O) groups excluding carboxylic acids is 1.